The summed E-state index contributed by atoms with van der Waals surface area (Å²) in [6, 6.07) is 16.0. The van der Waals surface area contributed by atoms with Crippen molar-refractivity contribution in [1.82, 2.24) is 36.4 Å². The van der Waals surface area contributed by atoms with Gasteiger partial charge in [-0.25, -0.2) is 0 Å². The summed E-state index contributed by atoms with van der Waals surface area (Å²) >= 11 is 0. The summed E-state index contributed by atoms with van der Waals surface area (Å²) in [6.45, 7) is 7.75. The van der Waals surface area contributed by atoms with Crippen molar-refractivity contribution in [2.75, 3.05) is 62.2 Å². The molecule has 3 aromatic rings. The Balaban J connectivity index is 1.05. The van der Waals surface area contributed by atoms with Crippen LogP contribution in [0.3, 0.4) is 0 Å². The fourth-order valence-electron chi connectivity index (χ4n) is 10.5. The largest absolute Gasteiger partial charge is 0.494 e. The van der Waals surface area contributed by atoms with Gasteiger partial charge < -0.3 is 76.7 Å². The fraction of sp³-hybridized carbons (Fsp3) is 0.561. The third-order valence-corrected chi connectivity index (χ3v) is 15.0. The highest BCUT2D eigenvalue weighted by atomic mass is 16.5. The quantitative estimate of drug-likeness (QED) is 0.0854. The number of nitrogens with two attached hydrogens (primary N) is 1. The van der Waals surface area contributed by atoms with E-state index in [0.717, 1.165) is 54.6 Å². The predicted octanol–water partition coefficient (Wildman–Crippen LogP) is 1.04. The van der Waals surface area contributed by atoms with Crippen LogP contribution in [0.5, 0.6) is 5.75 Å². The minimum atomic E-state index is -1.83. The number of aliphatic hydroxyl groups is 3. The van der Waals surface area contributed by atoms with Gasteiger partial charge in [0.05, 0.1) is 31.5 Å². The van der Waals surface area contributed by atoms with E-state index in [1.807, 2.05) is 24.3 Å². The topological polar surface area (TPSA) is 298 Å². The number of carbonyl (C=O) groups is 7. The average molecular weight is 1100 g/mol. The molecule has 10 atom stereocenters. The van der Waals surface area contributed by atoms with Crippen molar-refractivity contribution in [3.8, 4) is 5.75 Å². The molecule has 79 heavy (non-hydrogen) atoms. The maximum absolute atomic E-state index is 14.4. The molecule has 0 saturated carbocycles. The molecule has 0 aromatic heterocycles. The summed E-state index contributed by atoms with van der Waals surface area (Å²) in [5.41, 5.74) is 9.15. The number of amides is 7. The lowest BCUT2D eigenvalue weighted by Gasteiger charge is -2.37. The van der Waals surface area contributed by atoms with Crippen LogP contribution in [0.2, 0.25) is 0 Å². The van der Waals surface area contributed by atoms with Crippen LogP contribution in [0.15, 0.2) is 78.9 Å². The number of rotatable bonds is 17. The van der Waals surface area contributed by atoms with Crippen LogP contribution >= 0.6 is 0 Å². The monoisotopic (exact) mass is 1100 g/mol. The molecule has 0 aliphatic carbocycles. The first kappa shape index (κ1) is 59.8. The lowest BCUT2D eigenvalue weighted by molar-refractivity contribution is -0.150. The minimum Gasteiger partial charge on any atom is -0.494 e. The third-order valence-electron chi connectivity index (χ3n) is 15.0. The number of hydrogen-bond acceptors (Lipinski definition) is 15. The van der Waals surface area contributed by atoms with Crippen molar-refractivity contribution in [3.05, 3.63) is 90.0 Å². The molecule has 0 radical (unpaired) electrons. The Morgan fingerprint density at radius 1 is 0.696 bits per heavy atom. The number of nitrogens with zero attached hydrogens (tertiary/aromatic N) is 4. The Morgan fingerprint density at radius 2 is 1.27 bits per heavy atom. The van der Waals surface area contributed by atoms with E-state index in [-0.39, 0.29) is 57.5 Å². The Hall–Kier alpha value is -6.85. The van der Waals surface area contributed by atoms with E-state index in [0.29, 0.717) is 12.2 Å². The van der Waals surface area contributed by atoms with Gasteiger partial charge in [-0.2, -0.15) is 0 Å². The fourth-order valence-corrected chi connectivity index (χ4v) is 10.5. The number of benzene rings is 3. The highest BCUT2D eigenvalue weighted by molar-refractivity contribution is 6.00. The number of nitrogens with one attached hydrogen (secondary N) is 5. The molecular formula is C57H80N10O12. The van der Waals surface area contributed by atoms with Crippen molar-refractivity contribution in [2.24, 2.45) is 5.73 Å². The predicted molar refractivity (Wildman–Crippen MR) is 294 cm³/mol. The summed E-state index contributed by atoms with van der Waals surface area (Å²) < 4.78 is 11.9. The molecule has 10 N–H and O–H groups in total. The summed E-state index contributed by atoms with van der Waals surface area (Å²) in [7, 11) is 0. The number of carbonyl (C=O) groups excluding carboxylic acids is 7. The molecule has 430 valence electrons. The molecule has 0 bridgehead atoms. The highest BCUT2D eigenvalue weighted by Gasteiger charge is 2.46. The van der Waals surface area contributed by atoms with Gasteiger partial charge in [-0.15, -0.1) is 0 Å². The molecule has 22 heteroatoms. The first-order valence-electron chi connectivity index (χ1n) is 27.9. The van der Waals surface area contributed by atoms with Crippen LogP contribution in [-0.4, -0.2) is 180 Å². The average Bonchev–Trinajstić information content (AvgIpc) is 4.10. The molecule has 6 unspecified atom stereocenters. The molecule has 4 saturated heterocycles. The van der Waals surface area contributed by atoms with Gasteiger partial charge in [-0.1, -0.05) is 69.4 Å². The molecule has 4 aliphatic heterocycles. The van der Waals surface area contributed by atoms with E-state index in [2.05, 4.69) is 55.4 Å². The molecule has 7 amide bonds. The lowest BCUT2D eigenvalue weighted by atomic mass is 10.1. The normalized spacial score (nSPS) is 25.7. The van der Waals surface area contributed by atoms with Crippen molar-refractivity contribution >= 4 is 52.7 Å². The molecule has 0 spiro atoms. The highest BCUT2D eigenvalue weighted by Crippen LogP contribution is 2.26. The Labute approximate surface area is 462 Å². The zero-order chi connectivity index (χ0) is 56.6. The van der Waals surface area contributed by atoms with Crippen LogP contribution in [-0.2, 0) is 40.1 Å². The van der Waals surface area contributed by atoms with Crippen LogP contribution < -0.4 is 46.9 Å². The van der Waals surface area contributed by atoms with Gasteiger partial charge in [0, 0.05) is 75.2 Å². The summed E-state index contributed by atoms with van der Waals surface area (Å²) in [4.78, 5) is 106. The van der Waals surface area contributed by atoms with E-state index in [1.165, 1.54) is 50.9 Å². The number of unbranched alkanes of at least 4 members (excludes halogenated alkanes) is 5. The third kappa shape index (κ3) is 16.4. The van der Waals surface area contributed by atoms with E-state index in [4.69, 9.17) is 15.2 Å². The van der Waals surface area contributed by atoms with Gasteiger partial charge in [-0.05, 0) is 93.6 Å². The summed E-state index contributed by atoms with van der Waals surface area (Å²) in [5, 5.41) is 45.9. The minimum absolute atomic E-state index is 0.0376. The molecule has 7 rings (SSSR count). The van der Waals surface area contributed by atoms with Crippen LogP contribution in [0.4, 0.5) is 11.4 Å². The van der Waals surface area contributed by atoms with Crippen molar-refractivity contribution in [2.45, 2.75) is 152 Å². The molecule has 4 heterocycles. The summed E-state index contributed by atoms with van der Waals surface area (Å²) in [6.07, 6.45) is 0.908. The van der Waals surface area contributed by atoms with Gasteiger partial charge in [0.15, 0.2) is 0 Å². The zero-order valence-corrected chi connectivity index (χ0v) is 45.6. The maximum Gasteiger partial charge on any atom is 0.270 e. The number of anilines is 2. The van der Waals surface area contributed by atoms with E-state index >= 15 is 0 Å². The number of fused-ring (bicyclic) bond motifs is 2. The first-order chi connectivity index (χ1) is 38.0. The molecule has 22 nitrogen and oxygen atoms in total. The standard InChI is InChI=1S/C57H80N10O12/c1-4-5-6-7-8-12-30-78-44-23-21-42(22-24-44)65-28-26-64(27-29-65)41-19-17-39(18-20-41)50(71)60-45-16-13-25-59-52(73)46-31-40(58)33-66(46)56(76)49(37(3)69)62-54(75)55(79-35-38-14-10-9-11-15-38)63-53(74)47-32-43(70)34-67(47)57(77)48(36(2)68)61-51(45)72/h9-11,14-15,17-24,36-37,40,43,45-49,55,68-70H,4-8,12-13,16,25-35,58H2,1-3H3,(H,59,73)(H,60,71)(H,61,72)(H,62,75)(H,63,74)/t36?,37?,40-,43+,45-,46?,47?,48?,49?,55+/m0/s1. The maximum atomic E-state index is 14.4. The Morgan fingerprint density at radius 3 is 1.89 bits per heavy atom. The van der Waals surface area contributed by atoms with Crippen LogP contribution in [0, 0.1) is 0 Å². The molecule has 4 aliphatic rings. The van der Waals surface area contributed by atoms with E-state index in [1.54, 1.807) is 42.5 Å². The zero-order valence-electron chi connectivity index (χ0n) is 45.6. The second-order valence-corrected chi connectivity index (χ2v) is 21.1. The van der Waals surface area contributed by atoms with Gasteiger partial charge in [-0.3, -0.25) is 33.6 Å². The van der Waals surface area contributed by atoms with Crippen LogP contribution in [0.1, 0.15) is 101 Å². The van der Waals surface area contributed by atoms with Crippen molar-refractivity contribution in [3.63, 3.8) is 0 Å². The summed E-state index contributed by atoms with van der Waals surface area (Å²) in [5.74, 6) is -4.97. The Kier molecular flexibility index (Phi) is 21.8. The second-order valence-electron chi connectivity index (χ2n) is 21.1. The number of piperazine rings is 1. The molecule has 4 fully saturated rings. The second kappa shape index (κ2) is 28.9. The van der Waals surface area contributed by atoms with Gasteiger partial charge in [0.2, 0.25) is 35.8 Å². The Bertz CT molecular complexity index is 2510. The van der Waals surface area contributed by atoms with E-state index < -0.39 is 102 Å². The van der Waals surface area contributed by atoms with Crippen molar-refractivity contribution in [1.29, 1.82) is 0 Å². The van der Waals surface area contributed by atoms with Gasteiger partial charge in [0.1, 0.15) is 36.0 Å². The number of ether oxygens (including phenoxy) is 2. The molecular weight excluding hydrogens is 1020 g/mol. The lowest BCUT2D eigenvalue weighted by Crippen LogP contribution is -2.62. The SMILES string of the molecule is CCCCCCCCOc1ccc(N2CCN(c3ccc(C(=O)N[C@H]4CCCNC(=O)C5C[C@H](N)CN5C(=O)C(C(C)O)NC(=O)[C@@H](OCc5ccccc5)NC(=O)C5C[C@@H](O)CN5C(=O)C(C(C)O)NC4=O)cc3)CC2)cc1. The van der Waals surface area contributed by atoms with Gasteiger partial charge >= 0.3 is 0 Å². The van der Waals surface area contributed by atoms with Gasteiger partial charge in [0.25, 0.3) is 11.8 Å². The van der Waals surface area contributed by atoms with E-state index in [9.17, 15) is 48.9 Å². The number of aliphatic hydroxyl groups excluding tert-OH is 3. The first-order valence-corrected chi connectivity index (χ1v) is 27.9. The van der Waals surface area contributed by atoms with Crippen LogP contribution in [0.25, 0.3) is 0 Å². The number of hydrogen-bond donors (Lipinski definition) is 9. The molecule has 3 aromatic carbocycles. The smallest absolute Gasteiger partial charge is 0.270 e. The van der Waals surface area contributed by atoms with Crippen molar-refractivity contribution < 1.29 is 58.4 Å².